The summed E-state index contributed by atoms with van der Waals surface area (Å²) in [5.41, 5.74) is 2.49. The van der Waals surface area contributed by atoms with Gasteiger partial charge in [-0.3, -0.25) is 18.8 Å². The maximum Gasteiger partial charge on any atom is 0.297 e. The Labute approximate surface area is 230 Å². The maximum atomic E-state index is 12.7. The molecule has 2 aliphatic rings. The van der Waals surface area contributed by atoms with Crippen molar-refractivity contribution in [2.45, 2.75) is 24.3 Å². The summed E-state index contributed by atoms with van der Waals surface area (Å²) >= 11 is 1.42. The molecule has 5 heterocycles. The molecule has 39 heavy (non-hydrogen) atoms. The minimum absolute atomic E-state index is 0.0186. The topological polar surface area (TPSA) is 122 Å². The van der Waals surface area contributed by atoms with Gasteiger partial charge in [-0.25, -0.2) is 15.0 Å². The third-order valence-corrected chi connectivity index (χ3v) is 9.22. The van der Waals surface area contributed by atoms with Crippen molar-refractivity contribution in [3.63, 3.8) is 0 Å². The first kappa shape index (κ1) is 25.7. The normalized spacial score (nSPS) is 18.8. The van der Waals surface area contributed by atoms with E-state index < -0.39 is 16.2 Å². The van der Waals surface area contributed by atoms with Crippen molar-refractivity contribution >= 4 is 49.5 Å². The average Bonchev–Trinajstić information content (AvgIpc) is 3.55. The summed E-state index contributed by atoms with van der Waals surface area (Å²) in [4.78, 5) is 37.1. The van der Waals surface area contributed by atoms with E-state index in [0.717, 1.165) is 28.5 Å². The van der Waals surface area contributed by atoms with Crippen LogP contribution in [0.1, 0.15) is 12.0 Å². The lowest BCUT2D eigenvalue weighted by Gasteiger charge is -2.30. The van der Waals surface area contributed by atoms with E-state index in [-0.39, 0.29) is 10.8 Å². The van der Waals surface area contributed by atoms with E-state index in [1.165, 1.54) is 11.3 Å². The highest BCUT2D eigenvalue weighted by Gasteiger charge is 2.30. The third-order valence-electron chi connectivity index (χ3n) is 6.83. The predicted octanol–water partition coefficient (Wildman–Crippen LogP) is 2.72. The first-order valence-electron chi connectivity index (χ1n) is 12.6. The number of piperazine rings is 1. The van der Waals surface area contributed by atoms with Crippen LogP contribution in [0.2, 0.25) is 0 Å². The van der Waals surface area contributed by atoms with Crippen LogP contribution in [0.3, 0.4) is 0 Å². The lowest BCUT2D eigenvalue weighted by molar-refractivity contribution is -0.120. The molecule has 11 nitrogen and oxygen atoms in total. The fourth-order valence-electron chi connectivity index (χ4n) is 4.64. The Morgan fingerprint density at radius 3 is 2.56 bits per heavy atom. The summed E-state index contributed by atoms with van der Waals surface area (Å²) in [5, 5.41) is 0.757. The zero-order chi connectivity index (χ0) is 27.1. The fraction of sp³-hybridized carbons (Fsp3) is 0.346. The van der Waals surface area contributed by atoms with Crippen LogP contribution in [0, 0.1) is 6.92 Å². The fourth-order valence-corrected chi connectivity index (χ4v) is 6.63. The van der Waals surface area contributed by atoms with Crippen LogP contribution >= 0.6 is 11.3 Å². The number of carbonyl (C=O) groups is 1. The van der Waals surface area contributed by atoms with Crippen molar-refractivity contribution in [3.8, 4) is 10.6 Å². The molecule has 0 N–H and O–H groups in total. The Balaban J connectivity index is 1.13. The Bertz CT molecular complexity index is 1620. The van der Waals surface area contributed by atoms with Gasteiger partial charge in [0.05, 0.1) is 23.7 Å². The number of nitrogens with zero attached hydrogens (tertiary/aromatic N) is 7. The van der Waals surface area contributed by atoms with E-state index in [2.05, 4.69) is 19.9 Å². The third kappa shape index (κ3) is 5.35. The number of anilines is 2. The van der Waals surface area contributed by atoms with Gasteiger partial charge in [-0.2, -0.15) is 13.4 Å². The number of fused-ring (bicyclic) bond motifs is 1. The molecule has 0 radical (unpaired) electrons. The van der Waals surface area contributed by atoms with E-state index in [1.807, 2.05) is 35.9 Å². The first-order chi connectivity index (χ1) is 18.7. The molecule has 2 fully saturated rings. The highest BCUT2D eigenvalue weighted by atomic mass is 32.2. The standard InChI is InChI=1S/C26H27N7O4S2/c1-17-3-6-20(7-4-17)39(35,36)37-19-9-10-32(15-19)22-8-5-18(13-27-22)24-29-21-14-28-26(30-25(21)38-24)33-12-11-31(2)16-23(33)34/h3-8,13-14,19H,9-12,15-16H2,1-2H3/t19-/m0/s1. The number of hydrogen-bond acceptors (Lipinski definition) is 11. The molecule has 1 aromatic carbocycles. The Morgan fingerprint density at radius 1 is 1.00 bits per heavy atom. The number of thiazole rings is 1. The summed E-state index contributed by atoms with van der Waals surface area (Å²) in [5.74, 6) is 1.13. The second kappa shape index (κ2) is 10.2. The summed E-state index contributed by atoms with van der Waals surface area (Å²) < 4.78 is 30.9. The number of aryl methyl sites for hydroxylation is 1. The molecule has 202 valence electrons. The van der Waals surface area contributed by atoms with Gasteiger partial charge in [-0.1, -0.05) is 29.0 Å². The van der Waals surface area contributed by atoms with Crippen LogP contribution < -0.4 is 9.80 Å². The monoisotopic (exact) mass is 565 g/mol. The largest absolute Gasteiger partial charge is 0.354 e. The van der Waals surface area contributed by atoms with Crippen LogP contribution in [-0.2, 0) is 19.1 Å². The van der Waals surface area contributed by atoms with Crippen molar-refractivity contribution in [1.82, 2.24) is 24.8 Å². The summed E-state index contributed by atoms with van der Waals surface area (Å²) in [7, 11) is -1.91. The highest BCUT2D eigenvalue weighted by Crippen LogP contribution is 2.31. The molecule has 13 heteroatoms. The van der Waals surface area contributed by atoms with E-state index in [0.29, 0.717) is 48.9 Å². The number of carbonyl (C=O) groups excluding carboxylic acids is 1. The maximum absolute atomic E-state index is 12.7. The molecular weight excluding hydrogens is 538 g/mol. The highest BCUT2D eigenvalue weighted by molar-refractivity contribution is 7.86. The number of pyridine rings is 1. The van der Waals surface area contributed by atoms with Gasteiger partial charge >= 0.3 is 0 Å². The molecule has 0 spiro atoms. The summed E-state index contributed by atoms with van der Waals surface area (Å²) in [6.07, 6.45) is 3.55. The smallest absolute Gasteiger partial charge is 0.297 e. The van der Waals surface area contributed by atoms with Crippen LogP contribution in [0.25, 0.3) is 20.9 Å². The molecule has 0 aliphatic carbocycles. The van der Waals surface area contributed by atoms with Crippen molar-refractivity contribution in [2.75, 3.05) is 49.6 Å². The second-order valence-corrected chi connectivity index (χ2v) is 12.3. The van der Waals surface area contributed by atoms with Crippen molar-refractivity contribution < 1.29 is 17.4 Å². The molecule has 4 aromatic rings. The van der Waals surface area contributed by atoms with Crippen LogP contribution in [0.4, 0.5) is 11.8 Å². The molecular formula is C26H27N7O4S2. The molecule has 3 aromatic heterocycles. The average molecular weight is 566 g/mol. The van der Waals surface area contributed by atoms with Crippen LogP contribution in [0.15, 0.2) is 53.7 Å². The molecule has 1 atom stereocenters. The number of rotatable bonds is 6. The SMILES string of the molecule is Cc1ccc(S(=O)(=O)O[C@H]2CCN(c3ccc(-c4nc5cnc(N6CCN(C)CC6=O)nc5s4)cn3)C2)cc1. The Hall–Kier alpha value is -3.52. The van der Waals surface area contributed by atoms with Gasteiger partial charge < -0.3 is 4.90 Å². The second-order valence-electron chi connectivity index (χ2n) is 9.79. The van der Waals surface area contributed by atoms with Gasteiger partial charge in [0.25, 0.3) is 10.1 Å². The van der Waals surface area contributed by atoms with Crippen LogP contribution in [-0.4, -0.2) is 85.0 Å². The number of aromatic nitrogens is 4. The van der Waals surface area contributed by atoms with E-state index in [4.69, 9.17) is 4.18 Å². The molecule has 0 bridgehead atoms. The minimum Gasteiger partial charge on any atom is -0.354 e. The molecule has 2 aliphatic heterocycles. The van der Waals surface area contributed by atoms with E-state index in [9.17, 15) is 13.2 Å². The van der Waals surface area contributed by atoms with Gasteiger partial charge in [0.2, 0.25) is 11.9 Å². The van der Waals surface area contributed by atoms with Gasteiger partial charge in [-0.05, 0) is 44.7 Å². The van der Waals surface area contributed by atoms with Crippen molar-refractivity contribution in [1.29, 1.82) is 0 Å². The Morgan fingerprint density at radius 2 is 1.82 bits per heavy atom. The van der Waals surface area contributed by atoms with Gasteiger partial charge in [-0.15, -0.1) is 0 Å². The number of likely N-dealkylation sites (N-methyl/N-ethyl adjacent to an activating group) is 1. The first-order valence-corrected chi connectivity index (χ1v) is 14.8. The molecule has 6 rings (SSSR count). The van der Waals surface area contributed by atoms with Gasteiger partial charge in [0, 0.05) is 37.9 Å². The van der Waals surface area contributed by atoms with Crippen LogP contribution in [0.5, 0.6) is 0 Å². The number of benzene rings is 1. The zero-order valence-electron chi connectivity index (χ0n) is 21.5. The van der Waals surface area contributed by atoms with Gasteiger partial charge in [0.15, 0.2) is 0 Å². The predicted molar refractivity (Wildman–Crippen MR) is 148 cm³/mol. The molecule has 0 unspecified atom stereocenters. The minimum atomic E-state index is -3.83. The van der Waals surface area contributed by atoms with E-state index >= 15 is 0 Å². The molecule has 2 saturated heterocycles. The summed E-state index contributed by atoms with van der Waals surface area (Å²) in [6.45, 7) is 4.65. The quantitative estimate of drug-likeness (QED) is 0.323. The Kier molecular flexibility index (Phi) is 6.75. The zero-order valence-corrected chi connectivity index (χ0v) is 23.2. The van der Waals surface area contributed by atoms with Gasteiger partial charge in [0.1, 0.15) is 21.2 Å². The summed E-state index contributed by atoms with van der Waals surface area (Å²) in [6, 6.07) is 10.5. The lowest BCUT2D eigenvalue weighted by atomic mass is 10.2. The lowest BCUT2D eigenvalue weighted by Crippen LogP contribution is -2.49. The number of hydrogen-bond donors (Lipinski definition) is 0. The molecule has 0 saturated carbocycles. The molecule has 1 amide bonds. The number of amides is 1. The van der Waals surface area contributed by atoms with Crippen molar-refractivity contribution in [3.05, 3.63) is 54.4 Å². The van der Waals surface area contributed by atoms with Crippen molar-refractivity contribution in [2.24, 2.45) is 0 Å². The van der Waals surface area contributed by atoms with E-state index in [1.54, 1.807) is 41.6 Å².